The van der Waals surface area contributed by atoms with E-state index in [0.29, 0.717) is 17.9 Å². The molecule has 0 spiro atoms. The first kappa shape index (κ1) is 17.7. The van der Waals surface area contributed by atoms with Gasteiger partial charge in [0.05, 0.1) is 5.39 Å². The minimum absolute atomic E-state index is 0.113. The predicted octanol–water partition coefficient (Wildman–Crippen LogP) is 4.91. The molecule has 2 aromatic rings. The average Bonchev–Trinajstić information content (AvgIpc) is 2.88. The van der Waals surface area contributed by atoms with Crippen LogP contribution in [0.1, 0.15) is 44.6 Å². The molecule has 5 heteroatoms. The van der Waals surface area contributed by atoms with E-state index in [-0.39, 0.29) is 5.56 Å². The molecule has 130 valence electrons. The van der Waals surface area contributed by atoms with Crippen LogP contribution in [0.15, 0.2) is 22.6 Å². The molecule has 1 aliphatic rings. The molecule has 2 heterocycles. The maximum absolute atomic E-state index is 13.1. The normalized spacial score (nSPS) is 17.9. The van der Waals surface area contributed by atoms with Gasteiger partial charge in [0.1, 0.15) is 4.83 Å². The average molecular weight is 363 g/mol. The summed E-state index contributed by atoms with van der Waals surface area (Å²) in [5.41, 5.74) is 1.69. The minimum Gasteiger partial charge on any atom is -0.283 e. The molecule has 1 atom stereocenters. The van der Waals surface area contributed by atoms with Crippen LogP contribution in [0.4, 0.5) is 0 Å². The zero-order valence-electron chi connectivity index (χ0n) is 15.0. The van der Waals surface area contributed by atoms with Gasteiger partial charge in [0.25, 0.3) is 5.56 Å². The Hall–Kier alpha value is -1.07. The summed E-state index contributed by atoms with van der Waals surface area (Å²) >= 11 is 3.37. The molecule has 0 radical (unpaired) electrons. The Kier molecular flexibility index (Phi) is 4.94. The summed E-state index contributed by atoms with van der Waals surface area (Å²) in [5, 5.41) is 1.69. The summed E-state index contributed by atoms with van der Waals surface area (Å²) < 4.78 is 1.78. The fourth-order valence-electron chi connectivity index (χ4n) is 3.51. The molecule has 2 aromatic heterocycles. The molecule has 3 nitrogen and oxygen atoms in total. The van der Waals surface area contributed by atoms with E-state index < -0.39 is 0 Å². The molecule has 0 fully saturated rings. The number of hydrogen-bond donors (Lipinski definition) is 0. The van der Waals surface area contributed by atoms with Crippen LogP contribution in [0.25, 0.3) is 10.2 Å². The SMILES string of the molecule is C=CCn1c(SCC)nc2sc3c(c2c1=O)CC[C@H](C(C)(C)C)C3. The number of thiophene rings is 1. The van der Waals surface area contributed by atoms with Crippen molar-refractivity contribution in [3.63, 3.8) is 0 Å². The van der Waals surface area contributed by atoms with Crippen molar-refractivity contribution in [3.8, 4) is 0 Å². The van der Waals surface area contributed by atoms with Gasteiger partial charge in [0, 0.05) is 11.4 Å². The van der Waals surface area contributed by atoms with E-state index in [9.17, 15) is 4.79 Å². The summed E-state index contributed by atoms with van der Waals surface area (Å²) in [4.78, 5) is 20.2. The van der Waals surface area contributed by atoms with Crippen LogP contribution in [0.2, 0.25) is 0 Å². The molecule has 0 saturated heterocycles. The molecule has 0 unspecified atom stereocenters. The van der Waals surface area contributed by atoms with Gasteiger partial charge < -0.3 is 0 Å². The molecule has 0 aromatic carbocycles. The summed E-state index contributed by atoms with van der Waals surface area (Å²) in [5.74, 6) is 1.59. The maximum Gasteiger partial charge on any atom is 0.263 e. The molecular formula is C19H26N2OS2. The Labute approximate surface area is 152 Å². The van der Waals surface area contributed by atoms with Gasteiger partial charge in [0.15, 0.2) is 5.16 Å². The van der Waals surface area contributed by atoms with Gasteiger partial charge in [-0.05, 0) is 41.9 Å². The van der Waals surface area contributed by atoms with Crippen molar-refractivity contribution in [2.24, 2.45) is 11.3 Å². The van der Waals surface area contributed by atoms with Crippen LogP contribution >= 0.6 is 23.1 Å². The lowest BCUT2D eigenvalue weighted by atomic mass is 9.72. The van der Waals surface area contributed by atoms with Crippen molar-refractivity contribution in [1.29, 1.82) is 0 Å². The summed E-state index contributed by atoms with van der Waals surface area (Å²) in [6.45, 7) is 13.4. The highest BCUT2D eigenvalue weighted by Crippen LogP contribution is 2.42. The van der Waals surface area contributed by atoms with Crippen LogP contribution in [-0.4, -0.2) is 15.3 Å². The molecule has 0 amide bonds. The van der Waals surface area contributed by atoms with Crippen LogP contribution in [0.5, 0.6) is 0 Å². The molecular weight excluding hydrogens is 336 g/mol. The number of rotatable bonds is 4. The molecule has 0 aliphatic heterocycles. The Balaban J connectivity index is 2.15. The largest absolute Gasteiger partial charge is 0.283 e. The molecule has 24 heavy (non-hydrogen) atoms. The van der Waals surface area contributed by atoms with Crippen molar-refractivity contribution in [2.75, 3.05) is 5.75 Å². The first-order chi connectivity index (χ1) is 11.4. The van der Waals surface area contributed by atoms with E-state index in [1.54, 1.807) is 33.7 Å². The van der Waals surface area contributed by atoms with Gasteiger partial charge in [-0.15, -0.1) is 17.9 Å². The Morgan fingerprint density at radius 3 is 2.83 bits per heavy atom. The molecule has 0 saturated carbocycles. The van der Waals surface area contributed by atoms with E-state index in [1.165, 1.54) is 10.4 Å². The standard InChI is InChI=1S/C19H26N2OS2/c1-6-10-21-17(22)15-13-9-8-12(19(3,4)5)11-14(13)24-16(15)20-18(21)23-7-2/h6,12H,1,7-11H2,2-5H3/t12-/m0/s1. The smallest absolute Gasteiger partial charge is 0.263 e. The van der Waals surface area contributed by atoms with E-state index in [1.807, 2.05) is 0 Å². The topological polar surface area (TPSA) is 34.9 Å². The van der Waals surface area contributed by atoms with E-state index in [0.717, 1.165) is 40.4 Å². The first-order valence-corrected chi connectivity index (χ1v) is 10.5. The zero-order valence-corrected chi connectivity index (χ0v) is 16.6. The second kappa shape index (κ2) is 6.68. The fourth-order valence-corrected chi connectivity index (χ4v) is 5.58. The van der Waals surface area contributed by atoms with Gasteiger partial charge in [-0.2, -0.15) is 0 Å². The van der Waals surface area contributed by atoms with Crippen molar-refractivity contribution in [2.45, 2.75) is 58.7 Å². The third kappa shape index (κ3) is 3.08. The summed E-state index contributed by atoms with van der Waals surface area (Å²) in [7, 11) is 0. The van der Waals surface area contributed by atoms with Crippen molar-refractivity contribution in [1.82, 2.24) is 9.55 Å². The van der Waals surface area contributed by atoms with Crippen molar-refractivity contribution in [3.05, 3.63) is 33.4 Å². The molecule has 1 aliphatic carbocycles. The highest BCUT2D eigenvalue weighted by Gasteiger charge is 2.32. The van der Waals surface area contributed by atoms with Crippen LogP contribution < -0.4 is 5.56 Å². The summed E-state index contributed by atoms with van der Waals surface area (Å²) in [6.07, 6.45) is 5.03. The highest BCUT2D eigenvalue weighted by atomic mass is 32.2. The number of allylic oxidation sites excluding steroid dienone is 1. The molecule has 3 rings (SSSR count). The first-order valence-electron chi connectivity index (χ1n) is 8.65. The van der Waals surface area contributed by atoms with Gasteiger partial charge in [-0.3, -0.25) is 9.36 Å². The van der Waals surface area contributed by atoms with E-state index in [2.05, 4.69) is 34.3 Å². The zero-order chi connectivity index (χ0) is 17.5. The quantitative estimate of drug-likeness (QED) is 0.440. The Morgan fingerprint density at radius 1 is 1.46 bits per heavy atom. The number of thioether (sulfide) groups is 1. The highest BCUT2D eigenvalue weighted by molar-refractivity contribution is 7.99. The third-order valence-corrected chi connectivity index (χ3v) is 6.95. The van der Waals surface area contributed by atoms with Gasteiger partial charge in [-0.25, -0.2) is 4.98 Å². The third-order valence-electron chi connectivity index (χ3n) is 4.94. The van der Waals surface area contributed by atoms with Crippen LogP contribution in [0, 0.1) is 11.3 Å². The maximum atomic E-state index is 13.1. The van der Waals surface area contributed by atoms with Crippen LogP contribution in [0.3, 0.4) is 0 Å². The monoisotopic (exact) mass is 362 g/mol. The molecule has 0 bridgehead atoms. The number of fused-ring (bicyclic) bond motifs is 3. The van der Waals surface area contributed by atoms with Gasteiger partial charge in [-0.1, -0.05) is 45.5 Å². The lowest BCUT2D eigenvalue weighted by Gasteiger charge is -2.33. The lowest BCUT2D eigenvalue weighted by Crippen LogP contribution is -2.27. The summed E-state index contributed by atoms with van der Waals surface area (Å²) in [6, 6.07) is 0. The van der Waals surface area contributed by atoms with E-state index in [4.69, 9.17) is 4.98 Å². The fraction of sp³-hybridized carbons (Fsp3) is 0.579. The minimum atomic E-state index is 0.113. The number of aryl methyl sites for hydroxylation is 1. The van der Waals surface area contributed by atoms with Crippen molar-refractivity contribution < 1.29 is 0 Å². The second-order valence-corrected chi connectivity index (χ2v) is 9.84. The van der Waals surface area contributed by atoms with Crippen molar-refractivity contribution >= 4 is 33.3 Å². The Bertz CT molecular complexity index is 826. The molecule has 0 N–H and O–H groups in total. The number of hydrogen-bond acceptors (Lipinski definition) is 4. The van der Waals surface area contributed by atoms with Gasteiger partial charge in [0.2, 0.25) is 0 Å². The predicted molar refractivity (Wildman–Crippen MR) is 105 cm³/mol. The second-order valence-electron chi connectivity index (χ2n) is 7.52. The van der Waals surface area contributed by atoms with Crippen LogP contribution in [-0.2, 0) is 19.4 Å². The van der Waals surface area contributed by atoms with E-state index >= 15 is 0 Å². The number of nitrogens with zero attached hydrogens (tertiary/aromatic N) is 2. The number of aromatic nitrogens is 2. The van der Waals surface area contributed by atoms with Gasteiger partial charge >= 0.3 is 0 Å². The Morgan fingerprint density at radius 2 is 2.21 bits per heavy atom. The lowest BCUT2D eigenvalue weighted by molar-refractivity contribution is 0.218.